The van der Waals surface area contributed by atoms with Gasteiger partial charge in [0.15, 0.2) is 4.34 Å². The van der Waals surface area contributed by atoms with E-state index in [-0.39, 0.29) is 0 Å². The number of rotatable bonds is 6. The molecule has 0 radical (unpaired) electrons. The molecule has 2 heterocycles. The smallest absolute Gasteiger partial charge is 0.319 e. The first-order valence-electron chi connectivity index (χ1n) is 6.30. The summed E-state index contributed by atoms with van der Waals surface area (Å²) in [6.07, 6.45) is 2.63. The molecule has 0 unspecified atom stereocenters. The summed E-state index contributed by atoms with van der Waals surface area (Å²) in [7, 11) is 0. The number of anilines is 2. The van der Waals surface area contributed by atoms with Crippen molar-refractivity contribution in [2.75, 3.05) is 5.32 Å². The lowest BCUT2D eigenvalue weighted by Crippen LogP contribution is -2.01. The van der Waals surface area contributed by atoms with E-state index in [0.29, 0.717) is 21.0 Å². The van der Waals surface area contributed by atoms with Gasteiger partial charge in [-0.3, -0.25) is 4.57 Å². The van der Waals surface area contributed by atoms with E-state index in [4.69, 9.17) is 0 Å². The van der Waals surface area contributed by atoms with Crippen molar-refractivity contribution >= 4 is 33.9 Å². The van der Waals surface area contributed by atoms with Crippen LogP contribution in [0.3, 0.4) is 0 Å². The fourth-order valence-corrected chi connectivity index (χ4v) is 3.44. The predicted molar refractivity (Wildman–Crippen MR) is 82.7 cm³/mol. The maximum atomic E-state index is 12.7. The van der Waals surface area contributed by atoms with Crippen LogP contribution in [-0.2, 0) is 5.75 Å². The summed E-state index contributed by atoms with van der Waals surface area (Å²) in [6, 6.07) is 9.62. The van der Waals surface area contributed by atoms with Crippen molar-refractivity contribution in [3.05, 3.63) is 48.5 Å². The average Bonchev–Trinajstić information content (AvgIpc) is 3.15. The fraction of sp³-hybridized carbons (Fsp3) is 0.154. The SMILES string of the molecule is FC(F)n1ccnc1CSc1nnc(Nc2ccccc2)s1. The van der Waals surface area contributed by atoms with E-state index in [9.17, 15) is 8.78 Å². The minimum Gasteiger partial charge on any atom is -0.330 e. The highest BCUT2D eigenvalue weighted by Gasteiger charge is 2.13. The number of benzene rings is 1. The van der Waals surface area contributed by atoms with Crippen LogP contribution in [-0.4, -0.2) is 19.7 Å². The van der Waals surface area contributed by atoms with Crippen LogP contribution in [0.25, 0.3) is 0 Å². The molecule has 0 aliphatic rings. The van der Waals surface area contributed by atoms with E-state index in [2.05, 4.69) is 20.5 Å². The standard InChI is InChI=1S/C13H11F2N5S2/c14-11(15)20-7-6-16-10(20)8-21-13-19-18-12(22-13)17-9-4-2-1-3-5-9/h1-7,11H,8H2,(H,17,18). The molecular weight excluding hydrogens is 328 g/mol. The minimum atomic E-state index is -2.58. The maximum Gasteiger partial charge on any atom is 0.319 e. The third kappa shape index (κ3) is 3.60. The molecule has 0 saturated heterocycles. The van der Waals surface area contributed by atoms with Crippen molar-refractivity contribution in [3.63, 3.8) is 0 Å². The van der Waals surface area contributed by atoms with Gasteiger partial charge < -0.3 is 5.32 Å². The van der Waals surface area contributed by atoms with Crippen molar-refractivity contribution in [1.29, 1.82) is 0 Å². The molecule has 0 amide bonds. The lowest BCUT2D eigenvalue weighted by atomic mass is 10.3. The number of para-hydroxylation sites is 1. The zero-order valence-electron chi connectivity index (χ0n) is 11.2. The van der Waals surface area contributed by atoms with E-state index in [1.165, 1.54) is 35.5 Å². The molecule has 0 aliphatic heterocycles. The molecule has 0 atom stereocenters. The highest BCUT2D eigenvalue weighted by molar-refractivity contribution is 8.00. The van der Waals surface area contributed by atoms with Gasteiger partial charge in [-0.1, -0.05) is 41.3 Å². The summed E-state index contributed by atoms with van der Waals surface area (Å²) in [5.41, 5.74) is 0.920. The molecule has 3 aromatic rings. The molecule has 1 N–H and O–H groups in total. The first kappa shape index (κ1) is 14.9. The molecule has 0 saturated carbocycles. The molecule has 2 aromatic heterocycles. The second-order valence-electron chi connectivity index (χ2n) is 4.18. The number of thioether (sulfide) groups is 1. The van der Waals surface area contributed by atoms with E-state index in [1.807, 2.05) is 30.3 Å². The van der Waals surface area contributed by atoms with Gasteiger partial charge in [-0.15, -0.1) is 10.2 Å². The Morgan fingerprint density at radius 2 is 2.05 bits per heavy atom. The lowest BCUT2D eigenvalue weighted by Gasteiger charge is -2.04. The molecular formula is C13H11F2N5S2. The minimum absolute atomic E-state index is 0.313. The van der Waals surface area contributed by atoms with Crippen LogP contribution in [0.4, 0.5) is 19.6 Å². The van der Waals surface area contributed by atoms with E-state index in [1.54, 1.807) is 0 Å². The lowest BCUT2D eigenvalue weighted by molar-refractivity contribution is 0.0678. The van der Waals surface area contributed by atoms with Crippen molar-refractivity contribution in [3.8, 4) is 0 Å². The third-order valence-corrected chi connectivity index (χ3v) is 4.68. The summed E-state index contributed by atoms with van der Waals surface area (Å²) in [4.78, 5) is 3.93. The molecule has 5 nitrogen and oxygen atoms in total. The van der Waals surface area contributed by atoms with Crippen LogP contribution < -0.4 is 5.32 Å². The van der Waals surface area contributed by atoms with Crippen molar-refractivity contribution in [2.24, 2.45) is 0 Å². The number of hydrogen-bond acceptors (Lipinski definition) is 6. The van der Waals surface area contributed by atoms with Gasteiger partial charge >= 0.3 is 6.55 Å². The number of aromatic nitrogens is 4. The quantitative estimate of drug-likeness (QED) is 0.683. The topological polar surface area (TPSA) is 55.6 Å². The van der Waals surface area contributed by atoms with Gasteiger partial charge in [0.2, 0.25) is 5.13 Å². The number of nitrogens with one attached hydrogen (secondary N) is 1. The number of nitrogens with zero attached hydrogens (tertiary/aromatic N) is 4. The van der Waals surface area contributed by atoms with Crippen molar-refractivity contribution in [2.45, 2.75) is 16.6 Å². The molecule has 0 fully saturated rings. The second-order valence-corrected chi connectivity index (χ2v) is 6.38. The largest absolute Gasteiger partial charge is 0.330 e. The molecule has 0 aliphatic carbocycles. The highest BCUT2D eigenvalue weighted by atomic mass is 32.2. The molecule has 22 heavy (non-hydrogen) atoms. The molecule has 1 aromatic carbocycles. The maximum absolute atomic E-state index is 12.7. The summed E-state index contributed by atoms with van der Waals surface area (Å²) < 4.78 is 27.0. The van der Waals surface area contributed by atoms with E-state index >= 15 is 0 Å². The van der Waals surface area contributed by atoms with Crippen LogP contribution in [0, 0.1) is 0 Å². The number of hydrogen-bond donors (Lipinski definition) is 1. The molecule has 0 spiro atoms. The fourth-order valence-electron chi connectivity index (χ4n) is 1.72. The Morgan fingerprint density at radius 1 is 1.23 bits per heavy atom. The van der Waals surface area contributed by atoms with Crippen molar-refractivity contribution < 1.29 is 8.78 Å². The third-order valence-electron chi connectivity index (χ3n) is 2.72. The second kappa shape index (κ2) is 6.84. The predicted octanol–water partition coefficient (Wildman–Crippen LogP) is 4.17. The molecule has 9 heteroatoms. The average molecular weight is 339 g/mol. The number of imidazole rings is 1. The van der Waals surface area contributed by atoms with Crippen molar-refractivity contribution in [1.82, 2.24) is 19.7 Å². The Morgan fingerprint density at radius 3 is 2.82 bits per heavy atom. The van der Waals surface area contributed by atoms with Gasteiger partial charge in [0.1, 0.15) is 5.82 Å². The summed E-state index contributed by atoms with van der Waals surface area (Å²) >= 11 is 2.70. The summed E-state index contributed by atoms with van der Waals surface area (Å²) in [6.45, 7) is -2.58. The van der Waals surface area contributed by atoms with Crippen LogP contribution in [0.2, 0.25) is 0 Å². The van der Waals surface area contributed by atoms with Gasteiger partial charge in [-0.25, -0.2) is 4.98 Å². The Balaban J connectivity index is 1.61. The van der Waals surface area contributed by atoms with Gasteiger partial charge in [0.05, 0.1) is 5.75 Å². The monoisotopic (exact) mass is 339 g/mol. The number of alkyl halides is 2. The normalized spacial score (nSPS) is 11.0. The number of halogens is 2. The zero-order valence-corrected chi connectivity index (χ0v) is 12.8. The Labute approximate surface area is 133 Å². The highest BCUT2D eigenvalue weighted by Crippen LogP contribution is 2.30. The van der Waals surface area contributed by atoms with Crippen LogP contribution in [0.5, 0.6) is 0 Å². The van der Waals surface area contributed by atoms with E-state index < -0.39 is 6.55 Å². The Kier molecular flexibility index (Phi) is 4.64. The van der Waals surface area contributed by atoms with Gasteiger partial charge in [-0.05, 0) is 12.1 Å². The Bertz CT molecular complexity index is 729. The van der Waals surface area contributed by atoms with Crippen LogP contribution in [0.1, 0.15) is 12.4 Å². The van der Waals surface area contributed by atoms with Gasteiger partial charge in [-0.2, -0.15) is 8.78 Å². The summed E-state index contributed by atoms with van der Waals surface area (Å²) in [5.74, 6) is 0.630. The first-order chi connectivity index (χ1) is 10.7. The molecule has 3 rings (SSSR count). The summed E-state index contributed by atoms with van der Waals surface area (Å²) in [5, 5.41) is 11.9. The molecule has 0 bridgehead atoms. The van der Waals surface area contributed by atoms with Gasteiger partial charge in [0.25, 0.3) is 0 Å². The van der Waals surface area contributed by atoms with Crippen LogP contribution >= 0.6 is 23.1 Å². The Hall–Kier alpha value is -2.00. The van der Waals surface area contributed by atoms with Gasteiger partial charge in [0, 0.05) is 18.1 Å². The molecule has 114 valence electrons. The van der Waals surface area contributed by atoms with E-state index in [0.717, 1.165) is 10.3 Å². The zero-order chi connectivity index (χ0) is 15.4. The van der Waals surface area contributed by atoms with Crippen LogP contribution in [0.15, 0.2) is 47.1 Å². The first-order valence-corrected chi connectivity index (χ1v) is 8.11.